The Labute approximate surface area is 131 Å². The topological polar surface area (TPSA) is 41.6 Å². The summed E-state index contributed by atoms with van der Waals surface area (Å²) in [6, 6.07) is 10.3. The van der Waals surface area contributed by atoms with E-state index in [1.165, 1.54) is 4.90 Å². The molecule has 1 heterocycles. The van der Waals surface area contributed by atoms with Crippen LogP contribution in [-0.4, -0.2) is 49.0 Å². The number of piperidine rings is 1. The first kappa shape index (κ1) is 16.2. The van der Waals surface area contributed by atoms with Crippen molar-refractivity contribution in [1.82, 2.24) is 10.2 Å². The molecule has 1 aliphatic heterocycles. The first-order valence-corrected chi connectivity index (χ1v) is 8.34. The second kappa shape index (κ2) is 8.29. The molecule has 0 aromatic heterocycles. The van der Waals surface area contributed by atoms with Gasteiger partial charge in [-0.25, -0.2) is 4.79 Å². The van der Waals surface area contributed by atoms with Crippen LogP contribution in [0.2, 0.25) is 0 Å². The molecule has 5 heteroatoms. The van der Waals surface area contributed by atoms with E-state index >= 15 is 0 Å². The van der Waals surface area contributed by atoms with E-state index in [2.05, 4.69) is 24.4 Å². The zero-order chi connectivity index (χ0) is 15.1. The number of likely N-dealkylation sites (tertiary alicyclic amines) is 1. The number of hydrogen-bond acceptors (Lipinski definition) is 3. The maximum absolute atomic E-state index is 12.1. The highest BCUT2D eigenvalue weighted by Crippen LogP contribution is 2.22. The first-order valence-electron chi connectivity index (χ1n) is 7.46. The SMILES string of the molecule is COC1CCN(C(=O)NC[C@@H](C)Sc2ccccc2)CC1. The number of thioether (sulfide) groups is 1. The monoisotopic (exact) mass is 308 g/mol. The summed E-state index contributed by atoms with van der Waals surface area (Å²) < 4.78 is 5.32. The second-order valence-corrected chi connectivity index (χ2v) is 6.86. The third-order valence-electron chi connectivity index (χ3n) is 3.68. The van der Waals surface area contributed by atoms with Crippen molar-refractivity contribution >= 4 is 17.8 Å². The Balaban J connectivity index is 1.69. The molecular formula is C16H24N2O2S. The van der Waals surface area contributed by atoms with Gasteiger partial charge in [-0.05, 0) is 25.0 Å². The van der Waals surface area contributed by atoms with E-state index < -0.39 is 0 Å². The van der Waals surface area contributed by atoms with Crippen LogP contribution in [0.4, 0.5) is 4.79 Å². The lowest BCUT2D eigenvalue weighted by Gasteiger charge is -2.31. The Kier molecular flexibility index (Phi) is 6.39. The molecule has 2 rings (SSSR count). The molecule has 116 valence electrons. The maximum Gasteiger partial charge on any atom is 0.317 e. The van der Waals surface area contributed by atoms with E-state index in [1.54, 1.807) is 18.9 Å². The van der Waals surface area contributed by atoms with Gasteiger partial charge in [0.1, 0.15) is 0 Å². The van der Waals surface area contributed by atoms with Gasteiger partial charge in [0.15, 0.2) is 0 Å². The molecule has 1 aliphatic rings. The highest BCUT2D eigenvalue weighted by molar-refractivity contribution is 8.00. The van der Waals surface area contributed by atoms with E-state index in [9.17, 15) is 4.79 Å². The Bertz CT molecular complexity index is 433. The van der Waals surface area contributed by atoms with Crippen LogP contribution >= 0.6 is 11.8 Å². The lowest BCUT2D eigenvalue weighted by atomic mass is 10.1. The fourth-order valence-corrected chi connectivity index (χ4v) is 3.36. The van der Waals surface area contributed by atoms with E-state index in [0.717, 1.165) is 25.9 Å². The molecule has 0 bridgehead atoms. The van der Waals surface area contributed by atoms with Crippen LogP contribution in [0.1, 0.15) is 19.8 Å². The van der Waals surface area contributed by atoms with Gasteiger partial charge in [-0.3, -0.25) is 0 Å². The number of ether oxygens (including phenoxy) is 1. The smallest absolute Gasteiger partial charge is 0.317 e. The largest absolute Gasteiger partial charge is 0.381 e. The molecule has 0 spiro atoms. The highest BCUT2D eigenvalue weighted by atomic mass is 32.2. The van der Waals surface area contributed by atoms with Gasteiger partial charge in [-0.2, -0.15) is 0 Å². The van der Waals surface area contributed by atoms with Crippen LogP contribution in [0.5, 0.6) is 0 Å². The van der Waals surface area contributed by atoms with Crippen LogP contribution in [0.15, 0.2) is 35.2 Å². The van der Waals surface area contributed by atoms with Crippen molar-refractivity contribution in [3.63, 3.8) is 0 Å². The van der Waals surface area contributed by atoms with Crippen LogP contribution in [0.3, 0.4) is 0 Å². The number of nitrogens with zero attached hydrogens (tertiary/aromatic N) is 1. The molecule has 2 amide bonds. The summed E-state index contributed by atoms with van der Waals surface area (Å²) >= 11 is 1.78. The van der Waals surface area contributed by atoms with Gasteiger partial charge in [0.25, 0.3) is 0 Å². The van der Waals surface area contributed by atoms with Gasteiger partial charge in [-0.15, -0.1) is 11.8 Å². The van der Waals surface area contributed by atoms with Gasteiger partial charge in [-0.1, -0.05) is 25.1 Å². The number of rotatable bonds is 5. The number of nitrogens with one attached hydrogen (secondary N) is 1. The van der Waals surface area contributed by atoms with Gasteiger partial charge >= 0.3 is 6.03 Å². The lowest BCUT2D eigenvalue weighted by Crippen LogP contribution is -2.46. The summed E-state index contributed by atoms with van der Waals surface area (Å²) in [7, 11) is 1.74. The second-order valence-electron chi connectivity index (χ2n) is 5.35. The zero-order valence-electron chi connectivity index (χ0n) is 12.7. The standard InChI is InChI=1S/C16H24N2O2S/c1-13(21-15-6-4-3-5-7-15)12-17-16(19)18-10-8-14(20-2)9-11-18/h3-7,13-14H,8-12H2,1-2H3,(H,17,19)/t13-/m1/s1. The van der Waals surface area contributed by atoms with Crippen molar-refractivity contribution in [3.8, 4) is 0 Å². The fraction of sp³-hybridized carbons (Fsp3) is 0.562. The minimum Gasteiger partial charge on any atom is -0.381 e. The molecule has 0 saturated carbocycles. The normalized spacial score (nSPS) is 17.5. The first-order chi connectivity index (χ1) is 10.2. The van der Waals surface area contributed by atoms with Crippen LogP contribution < -0.4 is 5.32 Å². The molecule has 1 fully saturated rings. The summed E-state index contributed by atoms with van der Waals surface area (Å²) in [6.45, 7) is 4.38. The number of methoxy groups -OCH3 is 1. The van der Waals surface area contributed by atoms with Crippen LogP contribution in [-0.2, 0) is 4.74 Å². The minimum absolute atomic E-state index is 0.0464. The maximum atomic E-state index is 12.1. The summed E-state index contributed by atoms with van der Waals surface area (Å²) in [6.07, 6.45) is 2.16. The van der Waals surface area contributed by atoms with Crippen LogP contribution in [0.25, 0.3) is 0 Å². The molecule has 1 atom stereocenters. The Morgan fingerprint density at radius 1 is 1.38 bits per heavy atom. The quantitative estimate of drug-likeness (QED) is 0.850. The molecule has 0 aliphatic carbocycles. The predicted octanol–water partition coefficient (Wildman–Crippen LogP) is 2.99. The molecular weight excluding hydrogens is 284 g/mol. The molecule has 21 heavy (non-hydrogen) atoms. The van der Waals surface area contributed by atoms with E-state index in [0.29, 0.717) is 17.9 Å². The number of benzene rings is 1. The summed E-state index contributed by atoms with van der Waals surface area (Å²) in [5, 5.41) is 3.39. The van der Waals surface area contributed by atoms with Gasteiger partial charge in [0, 0.05) is 36.9 Å². The molecule has 4 nitrogen and oxygen atoms in total. The van der Waals surface area contributed by atoms with Gasteiger partial charge in [0.05, 0.1) is 6.10 Å². The number of carbonyl (C=O) groups excluding carboxylic acids is 1. The zero-order valence-corrected chi connectivity index (χ0v) is 13.6. The molecule has 1 saturated heterocycles. The molecule has 1 N–H and O–H groups in total. The van der Waals surface area contributed by atoms with Crippen molar-refractivity contribution in [2.45, 2.75) is 36.0 Å². The third-order valence-corrected chi connectivity index (χ3v) is 4.80. The van der Waals surface area contributed by atoms with Crippen molar-refractivity contribution < 1.29 is 9.53 Å². The number of amides is 2. The van der Waals surface area contributed by atoms with Crippen molar-refractivity contribution in [2.24, 2.45) is 0 Å². The van der Waals surface area contributed by atoms with E-state index in [4.69, 9.17) is 4.74 Å². The van der Waals surface area contributed by atoms with E-state index in [-0.39, 0.29) is 6.03 Å². The minimum atomic E-state index is 0.0464. The summed E-state index contributed by atoms with van der Waals surface area (Å²) in [4.78, 5) is 15.2. The number of hydrogen-bond donors (Lipinski definition) is 1. The molecule has 1 aromatic rings. The number of carbonyl (C=O) groups is 1. The molecule has 1 aromatic carbocycles. The summed E-state index contributed by atoms with van der Waals surface area (Å²) in [5.74, 6) is 0. The molecule has 0 unspecified atom stereocenters. The highest BCUT2D eigenvalue weighted by Gasteiger charge is 2.22. The van der Waals surface area contributed by atoms with Gasteiger partial charge < -0.3 is 15.0 Å². The third kappa shape index (κ3) is 5.25. The average Bonchev–Trinajstić information content (AvgIpc) is 2.53. The van der Waals surface area contributed by atoms with E-state index in [1.807, 2.05) is 23.1 Å². The number of urea groups is 1. The average molecular weight is 308 g/mol. The fourth-order valence-electron chi connectivity index (χ4n) is 2.41. The summed E-state index contributed by atoms with van der Waals surface area (Å²) in [5.41, 5.74) is 0. The van der Waals surface area contributed by atoms with Crippen molar-refractivity contribution in [1.29, 1.82) is 0 Å². The Morgan fingerprint density at radius 2 is 2.05 bits per heavy atom. The lowest BCUT2D eigenvalue weighted by molar-refractivity contribution is 0.0504. The Morgan fingerprint density at radius 3 is 2.67 bits per heavy atom. The van der Waals surface area contributed by atoms with Crippen molar-refractivity contribution in [3.05, 3.63) is 30.3 Å². The molecule has 0 radical (unpaired) electrons. The predicted molar refractivity (Wildman–Crippen MR) is 86.8 cm³/mol. The van der Waals surface area contributed by atoms with Crippen LogP contribution in [0, 0.1) is 0 Å². The van der Waals surface area contributed by atoms with Crippen molar-refractivity contribution in [2.75, 3.05) is 26.7 Å². The Hall–Kier alpha value is -1.20. The van der Waals surface area contributed by atoms with Gasteiger partial charge in [0.2, 0.25) is 0 Å².